The van der Waals surface area contributed by atoms with Crippen LogP contribution in [0.4, 0.5) is 16.2 Å². The molecule has 0 fully saturated rings. The summed E-state index contributed by atoms with van der Waals surface area (Å²) in [5.41, 5.74) is 1.20. The number of hydrogen-bond donors (Lipinski definition) is 2. The van der Waals surface area contributed by atoms with Crippen LogP contribution in [0.1, 0.15) is 13.8 Å². The highest BCUT2D eigenvalue weighted by atomic mass is 35.5. The van der Waals surface area contributed by atoms with E-state index in [1.807, 2.05) is 0 Å². The Morgan fingerprint density at radius 3 is 2.17 bits per heavy atom. The van der Waals surface area contributed by atoms with Gasteiger partial charge in [0.2, 0.25) is 5.91 Å². The molecule has 0 radical (unpaired) electrons. The molecule has 1 unspecified atom stereocenters. The number of ether oxygens (including phenoxy) is 1. The number of amides is 2. The van der Waals surface area contributed by atoms with Crippen molar-refractivity contribution in [2.45, 2.75) is 19.2 Å². The maximum Gasteiger partial charge on any atom is 0.411 e. The minimum absolute atomic E-state index is 0.275. The second kappa shape index (κ2) is 6.86. The van der Waals surface area contributed by atoms with E-state index in [0.717, 1.165) is 0 Å². The molecule has 1 rings (SSSR count). The molecule has 5 nitrogen and oxygen atoms in total. The lowest BCUT2D eigenvalue weighted by Gasteiger charge is -2.08. The van der Waals surface area contributed by atoms with Crippen LogP contribution in [0.5, 0.6) is 0 Å². The summed E-state index contributed by atoms with van der Waals surface area (Å²) < 4.78 is 4.73. The predicted molar refractivity (Wildman–Crippen MR) is 71.0 cm³/mol. The van der Waals surface area contributed by atoms with Crippen molar-refractivity contribution in [1.82, 2.24) is 0 Å². The SMILES string of the molecule is CCOC(=O)Nc1ccc(NC(=O)C(C)Cl)cc1. The van der Waals surface area contributed by atoms with Gasteiger partial charge in [-0.15, -0.1) is 11.6 Å². The molecule has 6 heteroatoms. The Hall–Kier alpha value is -1.75. The van der Waals surface area contributed by atoms with Gasteiger partial charge in [-0.25, -0.2) is 4.79 Å². The van der Waals surface area contributed by atoms with E-state index < -0.39 is 11.5 Å². The molecule has 0 saturated heterocycles. The first-order chi connectivity index (χ1) is 8.52. The maximum absolute atomic E-state index is 11.3. The second-order valence-electron chi connectivity index (χ2n) is 3.53. The summed E-state index contributed by atoms with van der Waals surface area (Å²) in [5, 5.41) is 4.58. The Morgan fingerprint density at radius 1 is 1.22 bits per heavy atom. The molecule has 0 aliphatic heterocycles. The molecule has 0 bridgehead atoms. The molecule has 1 aromatic rings. The average Bonchev–Trinajstić information content (AvgIpc) is 2.31. The van der Waals surface area contributed by atoms with Gasteiger partial charge in [-0.3, -0.25) is 10.1 Å². The monoisotopic (exact) mass is 270 g/mol. The lowest BCUT2D eigenvalue weighted by molar-refractivity contribution is -0.115. The molecule has 0 spiro atoms. The molecule has 1 aromatic carbocycles. The molecular weight excluding hydrogens is 256 g/mol. The third-order valence-corrected chi connectivity index (χ3v) is 2.23. The lowest BCUT2D eigenvalue weighted by atomic mass is 10.2. The molecule has 2 N–H and O–H groups in total. The largest absolute Gasteiger partial charge is 0.450 e. The minimum atomic E-state index is -0.595. The van der Waals surface area contributed by atoms with Gasteiger partial charge in [-0.2, -0.15) is 0 Å². The van der Waals surface area contributed by atoms with Crippen LogP contribution in [0.25, 0.3) is 0 Å². The van der Waals surface area contributed by atoms with Crippen LogP contribution in [-0.2, 0) is 9.53 Å². The number of carbonyl (C=O) groups is 2. The maximum atomic E-state index is 11.3. The second-order valence-corrected chi connectivity index (χ2v) is 4.18. The first kappa shape index (κ1) is 14.3. The molecule has 0 aliphatic rings. The zero-order valence-corrected chi connectivity index (χ0v) is 11.0. The van der Waals surface area contributed by atoms with Crippen molar-refractivity contribution in [3.8, 4) is 0 Å². The first-order valence-corrected chi connectivity index (χ1v) is 5.95. The van der Waals surface area contributed by atoms with E-state index in [4.69, 9.17) is 16.3 Å². The number of nitrogens with one attached hydrogen (secondary N) is 2. The summed E-state index contributed by atoms with van der Waals surface area (Å²) in [5.74, 6) is -0.275. The predicted octanol–water partition coefficient (Wildman–Crippen LogP) is 2.82. The molecule has 0 aromatic heterocycles. The fraction of sp³-hybridized carbons (Fsp3) is 0.333. The van der Waals surface area contributed by atoms with E-state index in [0.29, 0.717) is 18.0 Å². The van der Waals surface area contributed by atoms with E-state index in [-0.39, 0.29) is 5.91 Å². The van der Waals surface area contributed by atoms with Crippen LogP contribution in [0.3, 0.4) is 0 Å². The third kappa shape index (κ3) is 4.63. The van der Waals surface area contributed by atoms with Crippen molar-refractivity contribution in [3.63, 3.8) is 0 Å². The number of anilines is 2. The Labute approximate surface area is 110 Å². The van der Waals surface area contributed by atoms with Crippen molar-refractivity contribution < 1.29 is 14.3 Å². The van der Waals surface area contributed by atoms with Gasteiger partial charge in [0.1, 0.15) is 5.38 Å². The van der Waals surface area contributed by atoms with E-state index in [1.54, 1.807) is 38.1 Å². The number of alkyl halides is 1. The van der Waals surface area contributed by atoms with Crippen molar-refractivity contribution in [1.29, 1.82) is 0 Å². The van der Waals surface area contributed by atoms with E-state index in [1.165, 1.54) is 0 Å². The molecule has 2 amide bonds. The summed E-state index contributed by atoms with van der Waals surface area (Å²) in [6.45, 7) is 3.63. The number of carbonyl (C=O) groups excluding carboxylic acids is 2. The smallest absolute Gasteiger partial charge is 0.411 e. The number of hydrogen-bond acceptors (Lipinski definition) is 3. The van der Waals surface area contributed by atoms with Crippen LogP contribution >= 0.6 is 11.6 Å². The molecular formula is C12H15ClN2O3. The highest BCUT2D eigenvalue weighted by molar-refractivity contribution is 6.32. The molecule has 18 heavy (non-hydrogen) atoms. The van der Waals surface area contributed by atoms with Crippen LogP contribution in [-0.4, -0.2) is 24.0 Å². The quantitative estimate of drug-likeness (QED) is 0.827. The van der Waals surface area contributed by atoms with Gasteiger partial charge >= 0.3 is 6.09 Å². The van der Waals surface area contributed by atoms with Gasteiger partial charge in [0, 0.05) is 11.4 Å². The highest BCUT2D eigenvalue weighted by Gasteiger charge is 2.09. The highest BCUT2D eigenvalue weighted by Crippen LogP contribution is 2.14. The van der Waals surface area contributed by atoms with E-state index in [2.05, 4.69) is 10.6 Å². The Balaban J connectivity index is 2.57. The first-order valence-electron chi connectivity index (χ1n) is 5.51. The van der Waals surface area contributed by atoms with Gasteiger partial charge in [0.25, 0.3) is 0 Å². The Kier molecular flexibility index (Phi) is 5.45. The van der Waals surface area contributed by atoms with Crippen LogP contribution in [0.15, 0.2) is 24.3 Å². The van der Waals surface area contributed by atoms with Crippen LogP contribution in [0.2, 0.25) is 0 Å². The summed E-state index contributed by atoms with van der Waals surface area (Å²) in [6, 6.07) is 6.65. The summed E-state index contributed by atoms with van der Waals surface area (Å²) in [7, 11) is 0. The normalized spacial score (nSPS) is 11.5. The topological polar surface area (TPSA) is 67.4 Å². The molecule has 0 aliphatic carbocycles. The number of rotatable bonds is 4. The summed E-state index contributed by atoms with van der Waals surface area (Å²) >= 11 is 5.63. The standard InChI is InChI=1S/C12H15ClN2O3/c1-3-18-12(17)15-10-6-4-9(5-7-10)14-11(16)8(2)13/h4-8H,3H2,1-2H3,(H,14,16)(H,15,17). The number of benzene rings is 1. The zero-order valence-electron chi connectivity index (χ0n) is 10.2. The van der Waals surface area contributed by atoms with Crippen molar-refractivity contribution in [2.24, 2.45) is 0 Å². The minimum Gasteiger partial charge on any atom is -0.450 e. The van der Waals surface area contributed by atoms with Crippen molar-refractivity contribution >= 4 is 35.0 Å². The summed E-state index contributed by atoms with van der Waals surface area (Å²) in [4.78, 5) is 22.5. The third-order valence-electron chi connectivity index (χ3n) is 2.04. The van der Waals surface area contributed by atoms with Gasteiger partial charge in [0.15, 0.2) is 0 Å². The van der Waals surface area contributed by atoms with E-state index in [9.17, 15) is 9.59 Å². The van der Waals surface area contributed by atoms with Crippen molar-refractivity contribution in [3.05, 3.63) is 24.3 Å². The van der Waals surface area contributed by atoms with E-state index >= 15 is 0 Å². The molecule has 0 saturated carbocycles. The molecule has 0 heterocycles. The van der Waals surface area contributed by atoms with Gasteiger partial charge < -0.3 is 10.1 Å². The summed E-state index contributed by atoms with van der Waals surface area (Å²) in [6.07, 6.45) is -0.510. The van der Waals surface area contributed by atoms with Crippen LogP contribution < -0.4 is 10.6 Å². The lowest BCUT2D eigenvalue weighted by Crippen LogP contribution is -2.20. The van der Waals surface area contributed by atoms with Gasteiger partial charge in [-0.05, 0) is 38.1 Å². The Morgan fingerprint density at radius 2 is 1.72 bits per heavy atom. The van der Waals surface area contributed by atoms with Crippen molar-refractivity contribution in [2.75, 3.05) is 17.2 Å². The van der Waals surface area contributed by atoms with Gasteiger partial charge in [0.05, 0.1) is 6.61 Å². The molecule has 98 valence electrons. The average molecular weight is 271 g/mol. The number of halogens is 1. The Bertz CT molecular complexity index is 418. The zero-order chi connectivity index (χ0) is 13.5. The fourth-order valence-corrected chi connectivity index (χ4v) is 1.22. The van der Waals surface area contributed by atoms with Crippen LogP contribution in [0, 0.1) is 0 Å². The van der Waals surface area contributed by atoms with Gasteiger partial charge in [-0.1, -0.05) is 0 Å². The fourth-order valence-electron chi connectivity index (χ4n) is 1.16. The molecule has 1 atom stereocenters.